The normalized spacial score (nSPS) is 10.1. The van der Waals surface area contributed by atoms with E-state index in [4.69, 9.17) is 9.47 Å². The molecule has 0 aliphatic carbocycles. The summed E-state index contributed by atoms with van der Waals surface area (Å²) in [6.07, 6.45) is 0. The summed E-state index contributed by atoms with van der Waals surface area (Å²) >= 11 is 2.29. The number of aryl methyl sites for hydroxylation is 1. The van der Waals surface area contributed by atoms with Crippen LogP contribution in [-0.2, 0) is 4.74 Å². The van der Waals surface area contributed by atoms with Crippen LogP contribution in [-0.4, -0.2) is 13.9 Å². The van der Waals surface area contributed by atoms with Crippen molar-refractivity contribution in [3.8, 4) is 5.75 Å². The first-order valence-corrected chi connectivity index (χ1v) is 5.72. The summed E-state index contributed by atoms with van der Waals surface area (Å²) < 4.78 is 11.6. The van der Waals surface area contributed by atoms with Gasteiger partial charge in [-0.05, 0) is 59.7 Å². The van der Waals surface area contributed by atoms with E-state index in [1.807, 2.05) is 13.0 Å². The Kier molecular flexibility index (Phi) is 4.60. The quantitative estimate of drug-likeness (QED) is 0.624. The van der Waals surface area contributed by atoms with E-state index in [1.54, 1.807) is 7.11 Å². The highest BCUT2D eigenvalue weighted by Gasteiger charge is 2.07. The van der Waals surface area contributed by atoms with Crippen molar-refractivity contribution in [2.75, 3.05) is 13.9 Å². The molecule has 0 atom stereocenters. The van der Waals surface area contributed by atoms with Gasteiger partial charge in [-0.3, -0.25) is 0 Å². The Morgan fingerprint density at radius 3 is 2.67 bits per heavy atom. The lowest BCUT2D eigenvalue weighted by Crippen LogP contribution is -2.02. The molecule has 0 aliphatic rings. The molecular weight excluding hydrogens is 303 g/mol. The Morgan fingerprint density at radius 2 is 2.13 bits per heavy atom. The van der Waals surface area contributed by atoms with Crippen molar-refractivity contribution in [2.24, 2.45) is 0 Å². The van der Waals surface area contributed by atoms with Gasteiger partial charge in [0, 0.05) is 16.2 Å². The third-order valence-electron chi connectivity index (χ3n) is 2.05. The van der Waals surface area contributed by atoms with Crippen LogP contribution in [0.25, 0.3) is 5.57 Å². The highest BCUT2D eigenvalue weighted by atomic mass is 127. The van der Waals surface area contributed by atoms with Gasteiger partial charge in [0.05, 0.1) is 0 Å². The third-order valence-corrected chi connectivity index (χ3v) is 3.22. The lowest BCUT2D eigenvalue weighted by Gasteiger charge is -2.12. The van der Waals surface area contributed by atoms with Crippen molar-refractivity contribution >= 4 is 28.2 Å². The Hall–Kier alpha value is -0.550. The largest absolute Gasteiger partial charge is 0.467 e. The Bertz CT molecular complexity index is 372. The van der Waals surface area contributed by atoms with Crippen LogP contribution in [0.5, 0.6) is 5.75 Å². The summed E-state index contributed by atoms with van der Waals surface area (Å²) in [6, 6.07) is 4.11. The summed E-state index contributed by atoms with van der Waals surface area (Å²) in [5.74, 6) is 0.833. The van der Waals surface area contributed by atoms with E-state index in [-0.39, 0.29) is 6.79 Å². The van der Waals surface area contributed by atoms with E-state index in [0.717, 1.165) is 16.9 Å². The fraction of sp³-hybridized carbons (Fsp3) is 0.333. The Labute approximate surface area is 104 Å². The highest BCUT2D eigenvalue weighted by molar-refractivity contribution is 14.1. The number of benzene rings is 1. The van der Waals surface area contributed by atoms with Crippen molar-refractivity contribution in [1.82, 2.24) is 0 Å². The molecule has 0 spiro atoms. The molecule has 1 rings (SSSR count). The zero-order valence-electron chi connectivity index (χ0n) is 9.26. The number of allylic oxidation sites excluding steroid dienone is 1. The molecule has 0 aliphatic heterocycles. The zero-order valence-corrected chi connectivity index (χ0v) is 11.4. The highest BCUT2D eigenvalue weighted by Crippen LogP contribution is 2.29. The topological polar surface area (TPSA) is 18.5 Å². The molecule has 0 amide bonds. The third kappa shape index (κ3) is 3.21. The second-order valence-electron chi connectivity index (χ2n) is 3.43. The average molecular weight is 318 g/mol. The zero-order chi connectivity index (χ0) is 11.4. The van der Waals surface area contributed by atoms with Crippen molar-refractivity contribution in [3.05, 3.63) is 33.4 Å². The van der Waals surface area contributed by atoms with Crippen LogP contribution in [0.1, 0.15) is 18.1 Å². The van der Waals surface area contributed by atoms with E-state index in [1.165, 1.54) is 9.13 Å². The van der Waals surface area contributed by atoms with Crippen LogP contribution >= 0.6 is 22.6 Å². The Morgan fingerprint density at radius 1 is 1.47 bits per heavy atom. The number of hydrogen-bond acceptors (Lipinski definition) is 2. The second kappa shape index (κ2) is 5.51. The van der Waals surface area contributed by atoms with Gasteiger partial charge in [-0.15, -0.1) is 0 Å². The number of hydrogen-bond donors (Lipinski definition) is 0. The fourth-order valence-electron chi connectivity index (χ4n) is 1.24. The van der Waals surface area contributed by atoms with Crippen molar-refractivity contribution in [1.29, 1.82) is 0 Å². The summed E-state index contributed by atoms with van der Waals surface area (Å²) in [6.45, 7) is 8.26. The van der Waals surface area contributed by atoms with E-state index in [2.05, 4.69) is 42.2 Å². The summed E-state index contributed by atoms with van der Waals surface area (Å²) in [5, 5.41) is 0. The van der Waals surface area contributed by atoms with Crippen LogP contribution in [0.2, 0.25) is 0 Å². The molecule has 15 heavy (non-hydrogen) atoms. The van der Waals surface area contributed by atoms with Gasteiger partial charge in [0.2, 0.25) is 0 Å². The van der Waals surface area contributed by atoms with Gasteiger partial charge in [0.1, 0.15) is 5.75 Å². The molecule has 0 N–H and O–H groups in total. The molecule has 0 bridgehead atoms. The van der Waals surface area contributed by atoms with Crippen LogP contribution in [0.15, 0.2) is 18.7 Å². The summed E-state index contributed by atoms with van der Waals surface area (Å²) in [5.41, 5.74) is 3.28. The van der Waals surface area contributed by atoms with Gasteiger partial charge in [-0.25, -0.2) is 0 Å². The smallest absolute Gasteiger partial charge is 0.188 e. The molecule has 2 nitrogen and oxygen atoms in total. The predicted molar refractivity (Wildman–Crippen MR) is 71.1 cm³/mol. The second-order valence-corrected chi connectivity index (χ2v) is 4.59. The Balaban J connectivity index is 3.10. The van der Waals surface area contributed by atoms with Gasteiger partial charge >= 0.3 is 0 Å². The van der Waals surface area contributed by atoms with Gasteiger partial charge < -0.3 is 9.47 Å². The van der Waals surface area contributed by atoms with Gasteiger partial charge in [-0.1, -0.05) is 6.58 Å². The van der Waals surface area contributed by atoms with E-state index < -0.39 is 0 Å². The predicted octanol–water partition coefficient (Wildman–Crippen LogP) is 3.62. The van der Waals surface area contributed by atoms with Crippen LogP contribution in [0.4, 0.5) is 0 Å². The van der Waals surface area contributed by atoms with Gasteiger partial charge in [0.25, 0.3) is 0 Å². The summed E-state index contributed by atoms with van der Waals surface area (Å²) in [7, 11) is 1.61. The van der Waals surface area contributed by atoms with E-state index >= 15 is 0 Å². The van der Waals surface area contributed by atoms with Crippen molar-refractivity contribution < 1.29 is 9.47 Å². The first-order chi connectivity index (χ1) is 7.06. The molecule has 0 fully saturated rings. The van der Waals surface area contributed by atoms with Gasteiger partial charge in [-0.2, -0.15) is 0 Å². The van der Waals surface area contributed by atoms with Crippen LogP contribution < -0.4 is 4.74 Å². The van der Waals surface area contributed by atoms with Crippen LogP contribution in [0.3, 0.4) is 0 Å². The maximum absolute atomic E-state index is 5.50. The fourth-order valence-corrected chi connectivity index (χ4v) is 1.68. The molecule has 0 heterocycles. The lowest BCUT2D eigenvalue weighted by atomic mass is 10.1. The molecule has 0 saturated carbocycles. The molecule has 0 saturated heterocycles. The minimum absolute atomic E-state index is 0.263. The molecule has 3 heteroatoms. The van der Waals surface area contributed by atoms with E-state index in [9.17, 15) is 0 Å². The first kappa shape index (κ1) is 12.5. The van der Waals surface area contributed by atoms with Gasteiger partial charge in [0.15, 0.2) is 6.79 Å². The lowest BCUT2D eigenvalue weighted by molar-refractivity contribution is 0.0508. The number of ether oxygens (including phenoxy) is 2. The van der Waals surface area contributed by atoms with E-state index in [0.29, 0.717) is 0 Å². The maximum atomic E-state index is 5.50. The average Bonchev–Trinajstić information content (AvgIpc) is 2.19. The monoisotopic (exact) mass is 318 g/mol. The summed E-state index contributed by atoms with van der Waals surface area (Å²) in [4.78, 5) is 0. The molecule has 0 radical (unpaired) electrons. The minimum Gasteiger partial charge on any atom is -0.467 e. The standard InChI is InChI=1S/C12H15IO2/c1-8(2)10-5-9(3)11(13)6-12(10)15-7-14-4/h5-6H,1,7H2,2-4H3. The minimum atomic E-state index is 0.263. The first-order valence-electron chi connectivity index (χ1n) is 4.64. The van der Waals surface area contributed by atoms with Crippen molar-refractivity contribution in [3.63, 3.8) is 0 Å². The molecule has 1 aromatic carbocycles. The molecular formula is C12H15IO2. The molecule has 1 aromatic rings. The molecule has 0 aromatic heterocycles. The number of methoxy groups -OCH3 is 1. The maximum Gasteiger partial charge on any atom is 0.188 e. The van der Waals surface area contributed by atoms with Crippen molar-refractivity contribution in [2.45, 2.75) is 13.8 Å². The molecule has 0 unspecified atom stereocenters. The van der Waals surface area contributed by atoms with Crippen LogP contribution in [0, 0.1) is 10.5 Å². The SMILES string of the molecule is C=C(C)c1cc(C)c(I)cc1OCOC. The molecule has 82 valence electrons. The number of halogens is 1. The number of rotatable bonds is 4.